The van der Waals surface area contributed by atoms with Crippen molar-refractivity contribution in [2.45, 2.75) is 64.1 Å². The van der Waals surface area contributed by atoms with E-state index in [0.717, 1.165) is 0 Å². The average molecular weight is 229 g/mol. The van der Waals surface area contributed by atoms with Crippen LogP contribution in [0.25, 0.3) is 0 Å². The number of hydrogen-bond donors (Lipinski definition) is 3. The molecule has 3 heteroatoms. The van der Waals surface area contributed by atoms with E-state index in [2.05, 4.69) is 43.9 Å². The Balaban J connectivity index is 4.00. The Morgan fingerprint density at radius 2 is 1.56 bits per heavy atom. The van der Waals surface area contributed by atoms with Crippen LogP contribution in [0.2, 0.25) is 0 Å². The van der Waals surface area contributed by atoms with E-state index >= 15 is 0 Å². The summed E-state index contributed by atoms with van der Waals surface area (Å²) in [7, 11) is 6.16. The lowest BCUT2D eigenvalue weighted by Gasteiger charge is -2.34. The van der Waals surface area contributed by atoms with Gasteiger partial charge in [-0.15, -0.1) is 0 Å². The van der Waals surface area contributed by atoms with Crippen molar-refractivity contribution in [3.8, 4) is 0 Å². The first-order valence-corrected chi connectivity index (χ1v) is 6.69. The molecule has 0 aromatic heterocycles. The van der Waals surface area contributed by atoms with E-state index in [0.29, 0.717) is 6.04 Å². The van der Waals surface area contributed by atoms with E-state index in [1.807, 2.05) is 7.05 Å². The van der Waals surface area contributed by atoms with Gasteiger partial charge in [-0.05, 0) is 53.8 Å². The molecule has 1 atom stereocenters. The minimum Gasteiger partial charge on any atom is -0.317 e. The topological polar surface area (TPSA) is 36.1 Å². The lowest BCUT2D eigenvalue weighted by molar-refractivity contribution is 0.236. The summed E-state index contributed by atoms with van der Waals surface area (Å²) in [5, 5.41) is 10.2. The highest BCUT2D eigenvalue weighted by molar-refractivity contribution is 4.82. The van der Waals surface area contributed by atoms with E-state index in [1.54, 1.807) is 0 Å². The molecule has 0 aliphatic carbocycles. The van der Waals surface area contributed by atoms with E-state index < -0.39 is 0 Å². The van der Waals surface area contributed by atoms with Crippen LogP contribution < -0.4 is 16.0 Å². The third-order valence-electron chi connectivity index (χ3n) is 3.65. The highest BCUT2D eigenvalue weighted by Crippen LogP contribution is 2.18. The predicted molar refractivity (Wildman–Crippen MR) is 72.7 cm³/mol. The fourth-order valence-electron chi connectivity index (χ4n) is 2.08. The fourth-order valence-corrected chi connectivity index (χ4v) is 2.08. The monoisotopic (exact) mass is 229 g/mol. The number of rotatable bonds is 10. The number of hydrogen-bond acceptors (Lipinski definition) is 3. The summed E-state index contributed by atoms with van der Waals surface area (Å²) in [5.74, 6) is 0. The van der Waals surface area contributed by atoms with Crippen molar-refractivity contribution in [1.29, 1.82) is 0 Å². The van der Waals surface area contributed by atoms with Gasteiger partial charge in [0.25, 0.3) is 0 Å². The van der Waals surface area contributed by atoms with Gasteiger partial charge >= 0.3 is 0 Å². The van der Waals surface area contributed by atoms with Gasteiger partial charge < -0.3 is 16.0 Å². The van der Waals surface area contributed by atoms with E-state index in [1.165, 1.54) is 38.5 Å². The molecule has 0 fully saturated rings. The van der Waals surface area contributed by atoms with E-state index in [-0.39, 0.29) is 5.66 Å². The lowest BCUT2D eigenvalue weighted by atomic mass is 9.95. The van der Waals surface area contributed by atoms with Gasteiger partial charge in [0.2, 0.25) is 0 Å². The second kappa shape index (κ2) is 8.97. The zero-order chi connectivity index (χ0) is 12.4. The molecule has 98 valence electrons. The second-order valence-corrected chi connectivity index (χ2v) is 4.77. The average Bonchev–Trinajstić information content (AvgIpc) is 2.33. The normalized spacial score (nSPS) is 14.1. The van der Waals surface area contributed by atoms with Gasteiger partial charge in [-0.25, -0.2) is 0 Å². The van der Waals surface area contributed by atoms with Gasteiger partial charge in [0.15, 0.2) is 0 Å². The Morgan fingerprint density at radius 3 is 2.00 bits per heavy atom. The van der Waals surface area contributed by atoms with Gasteiger partial charge in [0.1, 0.15) is 0 Å². The Kier molecular flexibility index (Phi) is 8.90. The van der Waals surface area contributed by atoms with Gasteiger partial charge in [-0.2, -0.15) is 0 Å². The predicted octanol–water partition coefficient (Wildman–Crippen LogP) is 2.09. The summed E-state index contributed by atoms with van der Waals surface area (Å²) in [6, 6.07) is 0.623. The lowest BCUT2D eigenvalue weighted by Crippen LogP contribution is -2.53. The maximum atomic E-state index is 3.46. The molecule has 1 unspecified atom stereocenters. The number of nitrogens with one attached hydrogen (secondary N) is 3. The van der Waals surface area contributed by atoms with Crippen LogP contribution in [0.5, 0.6) is 0 Å². The maximum absolute atomic E-state index is 3.46. The highest BCUT2D eigenvalue weighted by atomic mass is 15.2. The van der Waals surface area contributed by atoms with Crippen LogP contribution >= 0.6 is 0 Å². The molecular formula is C13H31N3. The zero-order valence-electron chi connectivity index (χ0n) is 11.8. The molecule has 0 saturated heterocycles. The Labute approximate surface area is 102 Å². The minimum absolute atomic E-state index is 0.142. The van der Waals surface area contributed by atoms with Crippen LogP contribution in [-0.2, 0) is 0 Å². The Bertz CT molecular complexity index is 155. The zero-order valence-corrected chi connectivity index (χ0v) is 11.8. The summed E-state index contributed by atoms with van der Waals surface area (Å²) in [5.41, 5.74) is 0.142. The van der Waals surface area contributed by atoms with Crippen molar-refractivity contribution in [3.05, 3.63) is 0 Å². The van der Waals surface area contributed by atoms with Crippen molar-refractivity contribution in [3.63, 3.8) is 0 Å². The van der Waals surface area contributed by atoms with Crippen molar-refractivity contribution < 1.29 is 0 Å². The third kappa shape index (κ3) is 5.83. The van der Waals surface area contributed by atoms with Crippen LogP contribution in [0.15, 0.2) is 0 Å². The molecule has 3 N–H and O–H groups in total. The molecule has 0 aliphatic heterocycles. The summed E-state index contributed by atoms with van der Waals surface area (Å²) in [4.78, 5) is 0. The molecule has 0 bridgehead atoms. The minimum atomic E-state index is 0.142. The Morgan fingerprint density at radius 1 is 1.00 bits per heavy atom. The summed E-state index contributed by atoms with van der Waals surface area (Å²) in [6.07, 6.45) is 7.46. The van der Waals surface area contributed by atoms with Crippen molar-refractivity contribution >= 4 is 0 Å². The van der Waals surface area contributed by atoms with Gasteiger partial charge in [-0.1, -0.05) is 19.8 Å². The van der Waals surface area contributed by atoms with Crippen molar-refractivity contribution in [1.82, 2.24) is 16.0 Å². The van der Waals surface area contributed by atoms with Crippen LogP contribution in [0, 0.1) is 0 Å². The first-order valence-electron chi connectivity index (χ1n) is 6.69. The van der Waals surface area contributed by atoms with Crippen molar-refractivity contribution in [2.24, 2.45) is 0 Å². The molecule has 0 saturated carbocycles. The largest absolute Gasteiger partial charge is 0.317 e. The molecule has 0 rings (SSSR count). The summed E-state index contributed by atoms with van der Waals surface area (Å²) in [6.45, 7) is 4.49. The van der Waals surface area contributed by atoms with E-state index in [4.69, 9.17) is 0 Å². The maximum Gasteiger partial charge on any atom is 0.0682 e. The van der Waals surface area contributed by atoms with Crippen LogP contribution in [0.1, 0.15) is 52.4 Å². The second-order valence-electron chi connectivity index (χ2n) is 4.77. The number of unbranched alkanes of at least 4 members (excludes halogenated alkanes) is 1. The quantitative estimate of drug-likeness (QED) is 0.502. The molecule has 0 spiro atoms. The van der Waals surface area contributed by atoms with Crippen molar-refractivity contribution in [2.75, 3.05) is 21.1 Å². The summed E-state index contributed by atoms with van der Waals surface area (Å²) >= 11 is 0. The molecule has 0 aromatic rings. The molecule has 0 amide bonds. The van der Waals surface area contributed by atoms with Crippen LogP contribution in [0.3, 0.4) is 0 Å². The van der Waals surface area contributed by atoms with Gasteiger partial charge in [0.05, 0.1) is 5.66 Å². The first-order chi connectivity index (χ1) is 7.64. The first kappa shape index (κ1) is 15.9. The van der Waals surface area contributed by atoms with Crippen LogP contribution in [-0.4, -0.2) is 32.8 Å². The molecule has 0 radical (unpaired) electrons. The fraction of sp³-hybridized carbons (Fsp3) is 1.00. The molecule has 0 aromatic carbocycles. The molecule has 3 nitrogen and oxygen atoms in total. The molecule has 0 heterocycles. The van der Waals surface area contributed by atoms with Crippen LogP contribution in [0.4, 0.5) is 0 Å². The molecular weight excluding hydrogens is 198 g/mol. The highest BCUT2D eigenvalue weighted by Gasteiger charge is 2.24. The SMILES string of the molecule is CCCCC(CCCC(C)NC)(NC)NC. The Hall–Kier alpha value is -0.120. The third-order valence-corrected chi connectivity index (χ3v) is 3.65. The van der Waals surface area contributed by atoms with Gasteiger partial charge in [0, 0.05) is 6.04 Å². The smallest absolute Gasteiger partial charge is 0.0682 e. The van der Waals surface area contributed by atoms with Gasteiger partial charge in [-0.3, -0.25) is 0 Å². The van der Waals surface area contributed by atoms with E-state index in [9.17, 15) is 0 Å². The molecule has 0 aliphatic rings. The molecule has 16 heavy (non-hydrogen) atoms. The summed E-state index contributed by atoms with van der Waals surface area (Å²) < 4.78 is 0. The standard InChI is InChI=1S/C13H31N3/c1-6-7-10-13(15-4,16-5)11-8-9-12(2)14-3/h12,14-16H,6-11H2,1-5H3.